The van der Waals surface area contributed by atoms with Crippen molar-refractivity contribution < 1.29 is 9.84 Å². The molecule has 0 aromatic heterocycles. The van der Waals surface area contributed by atoms with Gasteiger partial charge in [-0.3, -0.25) is 0 Å². The first-order valence-corrected chi connectivity index (χ1v) is 7.42. The van der Waals surface area contributed by atoms with Crippen molar-refractivity contribution in [2.45, 2.75) is 17.9 Å². The number of aliphatic hydroxyl groups is 1. The van der Waals surface area contributed by atoms with Gasteiger partial charge in [-0.25, -0.2) is 0 Å². The Morgan fingerprint density at radius 2 is 2.42 bits per heavy atom. The molecule has 1 aromatic rings. The minimum atomic E-state index is -0.164. The SMILES string of the molecule is CCSc1cccc(N2CCOC(CO)C2)c1C#N. The predicted molar refractivity (Wildman–Crippen MR) is 76.6 cm³/mol. The second-order valence-electron chi connectivity index (χ2n) is 4.32. The van der Waals surface area contributed by atoms with Gasteiger partial charge in [-0.2, -0.15) is 5.26 Å². The Balaban J connectivity index is 2.28. The van der Waals surface area contributed by atoms with Crippen LogP contribution in [0.15, 0.2) is 23.1 Å². The summed E-state index contributed by atoms with van der Waals surface area (Å²) >= 11 is 1.68. The molecule has 0 spiro atoms. The molecular formula is C14H18N2O2S. The number of anilines is 1. The lowest BCUT2D eigenvalue weighted by Gasteiger charge is -2.34. The fourth-order valence-corrected chi connectivity index (χ4v) is 3.00. The van der Waals surface area contributed by atoms with Crippen molar-refractivity contribution in [3.63, 3.8) is 0 Å². The molecule has 0 saturated carbocycles. The molecule has 1 N–H and O–H groups in total. The summed E-state index contributed by atoms with van der Waals surface area (Å²) in [5, 5.41) is 18.6. The summed E-state index contributed by atoms with van der Waals surface area (Å²) < 4.78 is 5.45. The van der Waals surface area contributed by atoms with E-state index in [1.807, 2.05) is 18.2 Å². The molecule has 19 heavy (non-hydrogen) atoms. The van der Waals surface area contributed by atoms with Crippen LogP contribution in [0.1, 0.15) is 12.5 Å². The summed E-state index contributed by atoms with van der Waals surface area (Å²) in [6.07, 6.45) is -0.164. The van der Waals surface area contributed by atoms with Crippen molar-refractivity contribution in [1.82, 2.24) is 0 Å². The van der Waals surface area contributed by atoms with Gasteiger partial charge in [0.2, 0.25) is 0 Å². The lowest BCUT2D eigenvalue weighted by atomic mass is 10.1. The number of aliphatic hydroxyl groups excluding tert-OH is 1. The fraction of sp³-hybridized carbons (Fsp3) is 0.500. The van der Waals surface area contributed by atoms with E-state index in [9.17, 15) is 10.4 Å². The summed E-state index contributed by atoms with van der Waals surface area (Å²) in [7, 11) is 0. The molecule has 0 aliphatic carbocycles. The molecule has 4 nitrogen and oxygen atoms in total. The first kappa shape index (κ1) is 14.2. The molecule has 0 bridgehead atoms. The van der Waals surface area contributed by atoms with Crippen LogP contribution < -0.4 is 4.90 Å². The highest BCUT2D eigenvalue weighted by atomic mass is 32.2. The van der Waals surface area contributed by atoms with E-state index >= 15 is 0 Å². The van der Waals surface area contributed by atoms with Crippen LogP contribution in [-0.2, 0) is 4.74 Å². The standard InChI is InChI=1S/C14H18N2O2S/c1-2-19-14-5-3-4-13(12(14)8-15)16-6-7-18-11(9-16)10-17/h3-5,11,17H,2,6-7,9-10H2,1H3. The van der Waals surface area contributed by atoms with Crippen LogP contribution >= 0.6 is 11.8 Å². The van der Waals surface area contributed by atoms with Gasteiger partial charge in [0.05, 0.1) is 30.6 Å². The quantitative estimate of drug-likeness (QED) is 0.852. The van der Waals surface area contributed by atoms with Crippen molar-refractivity contribution in [3.05, 3.63) is 23.8 Å². The highest BCUT2D eigenvalue weighted by molar-refractivity contribution is 7.99. The number of nitriles is 1. The number of nitrogens with zero attached hydrogens (tertiary/aromatic N) is 2. The number of thioether (sulfide) groups is 1. The average Bonchev–Trinajstić information content (AvgIpc) is 2.47. The minimum absolute atomic E-state index is 0.0157. The Hall–Kier alpha value is -1.22. The zero-order valence-corrected chi connectivity index (χ0v) is 11.8. The van der Waals surface area contributed by atoms with Gasteiger partial charge in [-0.1, -0.05) is 13.0 Å². The van der Waals surface area contributed by atoms with Gasteiger partial charge in [-0.15, -0.1) is 11.8 Å². The van der Waals surface area contributed by atoms with E-state index in [-0.39, 0.29) is 12.7 Å². The van der Waals surface area contributed by atoms with E-state index in [0.717, 1.165) is 28.4 Å². The molecule has 0 amide bonds. The molecule has 1 aromatic carbocycles. The summed E-state index contributed by atoms with van der Waals surface area (Å²) in [6.45, 7) is 4.06. The van der Waals surface area contributed by atoms with Gasteiger partial charge in [0, 0.05) is 18.0 Å². The third-order valence-electron chi connectivity index (χ3n) is 3.10. The number of hydrogen-bond donors (Lipinski definition) is 1. The first-order valence-electron chi connectivity index (χ1n) is 6.43. The van der Waals surface area contributed by atoms with Gasteiger partial charge in [-0.05, 0) is 17.9 Å². The van der Waals surface area contributed by atoms with Crippen LogP contribution in [0.3, 0.4) is 0 Å². The van der Waals surface area contributed by atoms with E-state index in [1.54, 1.807) is 11.8 Å². The molecule has 1 atom stereocenters. The smallest absolute Gasteiger partial charge is 0.103 e. The fourth-order valence-electron chi connectivity index (χ4n) is 2.22. The van der Waals surface area contributed by atoms with Crippen LogP contribution in [-0.4, -0.2) is 43.3 Å². The van der Waals surface area contributed by atoms with Crippen molar-refractivity contribution in [1.29, 1.82) is 5.26 Å². The van der Waals surface area contributed by atoms with Gasteiger partial charge in [0.15, 0.2) is 0 Å². The molecule has 5 heteroatoms. The molecule has 1 fully saturated rings. The van der Waals surface area contributed by atoms with Crippen LogP contribution in [0.5, 0.6) is 0 Å². The van der Waals surface area contributed by atoms with Gasteiger partial charge >= 0.3 is 0 Å². The molecule has 1 unspecified atom stereocenters. The summed E-state index contributed by atoms with van der Waals surface area (Å²) in [6, 6.07) is 8.25. The number of hydrogen-bond acceptors (Lipinski definition) is 5. The maximum atomic E-state index is 9.41. The largest absolute Gasteiger partial charge is 0.394 e. The van der Waals surface area contributed by atoms with Crippen molar-refractivity contribution in [2.75, 3.05) is 37.0 Å². The number of morpholine rings is 1. The molecule has 1 heterocycles. The molecule has 102 valence electrons. The summed E-state index contributed by atoms with van der Waals surface area (Å²) in [5.74, 6) is 0.945. The zero-order valence-electron chi connectivity index (χ0n) is 11.0. The van der Waals surface area contributed by atoms with E-state index in [1.165, 1.54) is 0 Å². The Morgan fingerprint density at radius 3 is 3.11 bits per heavy atom. The van der Waals surface area contributed by atoms with Gasteiger partial charge in [0.25, 0.3) is 0 Å². The molecule has 2 rings (SSSR count). The van der Waals surface area contributed by atoms with E-state index in [4.69, 9.17) is 4.74 Å². The predicted octanol–water partition coefficient (Wildman–Crippen LogP) is 1.87. The van der Waals surface area contributed by atoms with Crippen LogP contribution in [0.2, 0.25) is 0 Å². The Labute approximate surface area is 118 Å². The highest BCUT2D eigenvalue weighted by Crippen LogP contribution is 2.31. The third kappa shape index (κ3) is 3.21. The number of benzene rings is 1. The van der Waals surface area contributed by atoms with E-state index in [2.05, 4.69) is 17.9 Å². The van der Waals surface area contributed by atoms with Crippen LogP contribution in [0.25, 0.3) is 0 Å². The lowest BCUT2D eigenvalue weighted by molar-refractivity contribution is 0.00355. The first-order chi connectivity index (χ1) is 9.30. The summed E-state index contributed by atoms with van der Waals surface area (Å²) in [4.78, 5) is 3.15. The van der Waals surface area contributed by atoms with Crippen molar-refractivity contribution in [3.8, 4) is 6.07 Å². The lowest BCUT2D eigenvalue weighted by Crippen LogP contribution is -2.44. The second-order valence-corrected chi connectivity index (χ2v) is 5.62. The van der Waals surface area contributed by atoms with Gasteiger partial charge in [0.1, 0.15) is 6.07 Å². The minimum Gasteiger partial charge on any atom is -0.394 e. The summed E-state index contributed by atoms with van der Waals surface area (Å²) in [5.41, 5.74) is 1.68. The average molecular weight is 278 g/mol. The number of ether oxygens (including phenoxy) is 1. The van der Waals surface area contributed by atoms with Crippen LogP contribution in [0.4, 0.5) is 5.69 Å². The molecule has 1 aliphatic heterocycles. The normalized spacial score (nSPS) is 19.2. The Kier molecular flexibility index (Phi) is 5.08. The zero-order chi connectivity index (χ0) is 13.7. The monoisotopic (exact) mass is 278 g/mol. The maximum Gasteiger partial charge on any atom is 0.103 e. The Bertz CT molecular complexity index is 473. The molecule has 0 radical (unpaired) electrons. The van der Waals surface area contributed by atoms with Crippen LogP contribution in [0, 0.1) is 11.3 Å². The Morgan fingerprint density at radius 1 is 1.58 bits per heavy atom. The van der Waals surface area contributed by atoms with Crippen molar-refractivity contribution in [2.24, 2.45) is 0 Å². The third-order valence-corrected chi connectivity index (χ3v) is 4.04. The van der Waals surface area contributed by atoms with Gasteiger partial charge < -0.3 is 14.7 Å². The van der Waals surface area contributed by atoms with Crippen molar-refractivity contribution >= 4 is 17.4 Å². The van der Waals surface area contributed by atoms with E-state index < -0.39 is 0 Å². The molecule has 1 aliphatic rings. The molecule has 1 saturated heterocycles. The highest BCUT2D eigenvalue weighted by Gasteiger charge is 2.22. The second kappa shape index (κ2) is 6.80. The molecular weight excluding hydrogens is 260 g/mol. The number of rotatable bonds is 4. The topological polar surface area (TPSA) is 56.5 Å². The maximum absolute atomic E-state index is 9.41. The van der Waals surface area contributed by atoms with E-state index in [0.29, 0.717) is 13.2 Å².